The molecular formula is C14H17Br2N3OS. The van der Waals surface area contributed by atoms with Gasteiger partial charge in [-0.3, -0.25) is 5.43 Å². The van der Waals surface area contributed by atoms with Gasteiger partial charge in [0.05, 0.1) is 15.2 Å². The normalized spacial score (nSPS) is 16.1. The van der Waals surface area contributed by atoms with Gasteiger partial charge >= 0.3 is 0 Å². The van der Waals surface area contributed by atoms with Crippen LogP contribution < -0.4 is 10.7 Å². The summed E-state index contributed by atoms with van der Waals surface area (Å²) in [6, 6.07) is 4.03. The van der Waals surface area contributed by atoms with Crippen molar-refractivity contribution < 1.29 is 5.11 Å². The summed E-state index contributed by atoms with van der Waals surface area (Å²) in [6.45, 7) is 0. The largest absolute Gasteiger partial charge is 0.506 e. The van der Waals surface area contributed by atoms with Gasteiger partial charge in [-0.05, 0) is 74.6 Å². The predicted molar refractivity (Wildman–Crippen MR) is 96.8 cm³/mol. The maximum Gasteiger partial charge on any atom is 0.187 e. The van der Waals surface area contributed by atoms with Crippen molar-refractivity contribution in [1.82, 2.24) is 10.7 Å². The second-order valence-electron chi connectivity index (χ2n) is 5.01. The highest BCUT2D eigenvalue weighted by atomic mass is 79.9. The van der Waals surface area contributed by atoms with E-state index in [1.165, 1.54) is 32.1 Å². The Hall–Kier alpha value is -0.660. The molecule has 0 bridgehead atoms. The zero-order valence-corrected chi connectivity index (χ0v) is 15.4. The van der Waals surface area contributed by atoms with Crippen LogP contribution in [0.2, 0.25) is 0 Å². The predicted octanol–water partition coefficient (Wildman–Crippen LogP) is 4.05. The number of nitrogens with one attached hydrogen (secondary N) is 2. The third-order valence-electron chi connectivity index (χ3n) is 3.36. The number of phenols is 1. The van der Waals surface area contributed by atoms with Gasteiger partial charge in [0.1, 0.15) is 5.75 Å². The van der Waals surface area contributed by atoms with E-state index in [4.69, 9.17) is 12.2 Å². The summed E-state index contributed by atoms with van der Waals surface area (Å²) in [6.07, 6.45) is 7.84. The van der Waals surface area contributed by atoms with Crippen molar-refractivity contribution >= 4 is 55.4 Å². The standard InChI is InChI=1S/C14H17Br2N3OS/c15-11-6-9(7-12(16)13(11)20)8-17-19-14(21)18-10-4-2-1-3-5-10/h6-8,10,20H,1-5H2,(H2,18,19,21)/b17-8-. The first-order valence-corrected chi connectivity index (χ1v) is 8.83. The molecule has 0 atom stereocenters. The van der Waals surface area contributed by atoms with Gasteiger partial charge in [0, 0.05) is 6.04 Å². The van der Waals surface area contributed by atoms with E-state index in [1.807, 2.05) is 0 Å². The van der Waals surface area contributed by atoms with E-state index in [2.05, 4.69) is 47.7 Å². The highest BCUT2D eigenvalue weighted by Crippen LogP contribution is 2.32. The van der Waals surface area contributed by atoms with Crippen LogP contribution in [0, 0.1) is 0 Å². The molecule has 1 aromatic carbocycles. The lowest BCUT2D eigenvalue weighted by molar-refractivity contribution is 0.412. The summed E-state index contributed by atoms with van der Waals surface area (Å²) in [7, 11) is 0. The van der Waals surface area contributed by atoms with Gasteiger partial charge in [-0.2, -0.15) is 5.10 Å². The first kappa shape index (κ1) is 16.7. The summed E-state index contributed by atoms with van der Waals surface area (Å²) in [5.41, 5.74) is 3.68. The molecule has 1 fully saturated rings. The number of phenolic OH excluding ortho intramolecular Hbond substituents is 1. The van der Waals surface area contributed by atoms with E-state index in [1.54, 1.807) is 18.3 Å². The molecule has 0 aliphatic heterocycles. The summed E-state index contributed by atoms with van der Waals surface area (Å²) in [4.78, 5) is 0. The van der Waals surface area contributed by atoms with E-state index in [-0.39, 0.29) is 5.75 Å². The second kappa shape index (κ2) is 8.10. The molecular weight excluding hydrogens is 418 g/mol. The molecule has 21 heavy (non-hydrogen) atoms. The van der Waals surface area contributed by atoms with Gasteiger partial charge in [-0.15, -0.1) is 0 Å². The molecule has 0 radical (unpaired) electrons. The third kappa shape index (κ3) is 5.23. The van der Waals surface area contributed by atoms with E-state index >= 15 is 0 Å². The van der Waals surface area contributed by atoms with Crippen LogP contribution in [0.5, 0.6) is 5.75 Å². The van der Waals surface area contributed by atoms with E-state index < -0.39 is 0 Å². The quantitative estimate of drug-likeness (QED) is 0.381. The number of aromatic hydroxyl groups is 1. The Kier molecular flexibility index (Phi) is 6.44. The van der Waals surface area contributed by atoms with E-state index in [0.717, 1.165) is 5.56 Å². The van der Waals surface area contributed by atoms with Crippen LogP contribution in [0.1, 0.15) is 37.7 Å². The first-order valence-electron chi connectivity index (χ1n) is 6.84. The smallest absolute Gasteiger partial charge is 0.187 e. The van der Waals surface area contributed by atoms with Gasteiger partial charge in [-0.25, -0.2) is 0 Å². The molecule has 0 saturated heterocycles. The SMILES string of the molecule is Oc1c(Br)cc(/C=N\NC(=S)NC2CCCCC2)cc1Br. The number of hydrogen-bond donors (Lipinski definition) is 3. The molecule has 1 saturated carbocycles. The number of hydrazone groups is 1. The molecule has 1 aromatic rings. The van der Waals surface area contributed by atoms with Gasteiger partial charge in [0.25, 0.3) is 0 Å². The Labute approximate surface area is 146 Å². The van der Waals surface area contributed by atoms with Crippen molar-refractivity contribution in [2.24, 2.45) is 5.10 Å². The number of nitrogens with zero attached hydrogens (tertiary/aromatic N) is 1. The molecule has 0 aromatic heterocycles. The topological polar surface area (TPSA) is 56.7 Å². The summed E-state index contributed by atoms with van der Waals surface area (Å²) in [5, 5.41) is 17.6. The van der Waals surface area contributed by atoms with Crippen molar-refractivity contribution in [3.8, 4) is 5.75 Å². The summed E-state index contributed by atoms with van der Waals surface area (Å²) >= 11 is 11.8. The molecule has 4 nitrogen and oxygen atoms in total. The zero-order chi connectivity index (χ0) is 15.2. The molecule has 0 spiro atoms. The molecule has 0 amide bonds. The zero-order valence-electron chi connectivity index (χ0n) is 11.4. The van der Waals surface area contributed by atoms with Crippen molar-refractivity contribution in [3.63, 3.8) is 0 Å². The van der Waals surface area contributed by atoms with Crippen LogP contribution >= 0.6 is 44.1 Å². The van der Waals surface area contributed by atoms with Gasteiger partial charge in [-0.1, -0.05) is 19.3 Å². The van der Waals surface area contributed by atoms with Crippen LogP contribution in [-0.4, -0.2) is 22.5 Å². The minimum atomic E-state index is 0.176. The fraction of sp³-hybridized carbons (Fsp3) is 0.429. The number of hydrogen-bond acceptors (Lipinski definition) is 3. The lowest BCUT2D eigenvalue weighted by atomic mass is 9.96. The highest BCUT2D eigenvalue weighted by Gasteiger charge is 2.13. The fourth-order valence-corrected chi connectivity index (χ4v) is 3.73. The Morgan fingerprint density at radius 1 is 1.24 bits per heavy atom. The maximum atomic E-state index is 9.64. The second-order valence-corrected chi connectivity index (χ2v) is 7.13. The van der Waals surface area contributed by atoms with E-state index in [0.29, 0.717) is 20.1 Å². The molecule has 0 unspecified atom stereocenters. The Bertz CT molecular complexity index is 522. The number of benzene rings is 1. The molecule has 3 N–H and O–H groups in total. The first-order chi connectivity index (χ1) is 10.1. The highest BCUT2D eigenvalue weighted by molar-refractivity contribution is 9.11. The monoisotopic (exact) mass is 433 g/mol. The maximum absolute atomic E-state index is 9.64. The average Bonchev–Trinajstić information content (AvgIpc) is 2.45. The number of rotatable bonds is 3. The van der Waals surface area contributed by atoms with Crippen LogP contribution in [0.15, 0.2) is 26.2 Å². The van der Waals surface area contributed by atoms with Crippen molar-refractivity contribution in [2.75, 3.05) is 0 Å². The van der Waals surface area contributed by atoms with Crippen LogP contribution in [0.4, 0.5) is 0 Å². The van der Waals surface area contributed by atoms with Crippen LogP contribution in [0.3, 0.4) is 0 Å². The Morgan fingerprint density at radius 3 is 2.48 bits per heavy atom. The van der Waals surface area contributed by atoms with Gasteiger partial charge in [0.2, 0.25) is 0 Å². The lowest BCUT2D eigenvalue weighted by Gasteiger charge is -2.23. The molecule has 114 valence electrons. The molecule has 0 heterocycles. The Morgan fingerprint density at radius 2 is 1.86 bits per heavy atom. The molecule has 1 aliphatic rings. The number of halogens is 2. The minimum absolute atomic E-state index is 0.176. The fourth-order valence-electron chi connectivity index (χ4n) is 2.29. The van der Waals surface area contributed by atoms with Crippen molar-refractivity contribution in [2.45, 2.75) is 38.1 Å². The lowest BCUT2D eigenvalue weighted by Crippen LogP contribution is -2.40. The summed E-state index contributed by atoms with van der Waals surface area (Å²) in [5.74, 6) is 0.176. The van der Waals surface area contributed by atoms with E-state index in [9.17, 15) is 5.11 Å². The molecule has 7 heteroatoms. The molecule has 1 aliphatic carbocycles. The van der Waals surface area contributed by atoms with Gasteiger partial charge < -0.3 is 10.4 Å². The van der Waals surface area contributed by atoms with Gasteiger partial charge in [0.15, 0.2) is 5.11 Å². The van der Waals surface area contributed by atoms with Crippen LogP contribution in [0.25, 0.3) is 0 Å². The minimum Gasteiger partial charge on any atom is -0.506 e. The van der Waals surface area contributed by atoms with Crippen molar-refractivity contribution in [3.05, 3.63) is 26.6 Å². The Balaban J connectivity index is 1.85. The third-order valence-corrected chi connectivity index (χ3v) is 4.78. The summed E-state index contributed by atoms with van der Waals surface area (Å²) < 4.78 is 1.22. The van der Waals surface area contributed by atoms with Crippen LogP contribution in [-0.2, 0) is 0 Å². The van der Waals surface area contributed by atoms with Crippen molar-refractivity contribution in [1.29, 1.82) is 0 Å². The molecule has 2 rings (SSSR count). The average molecular weight is 435 g/mol. The number of thiocarbonyl (C=S) groups is 1.